The van der Waals surface area contributed by atoms with Crippen LogP contribution in [0.5, 0.6) is 11.5 Å². The Bertz CT molecular complexity index is 1380. The fourth-order valence-electron chi connectivity index (χ4n) is 5.06. The van der Waals surface area contributed by atoms with Crippen LogP contribution in [0.2, 0.25) is 0 Å². The van der Waals surface area contributed by atoms with Gasteiger partial charge in [-0.05, 0) is 109 Å². The van der Waals surface area contributed by atoms with E-state index in [1.807, 2.05) is 31.2 Å². The van der Waals surface area contributed by atoms with E-state index in [0.717, 1.165) is 34.8 Å². The first kappa shape index (κ1) is 24.3. The zero-order valence-corrected chi connectivity index (χ0v) is 21.7. The molecule has 3 aromatic carbocycles. The summed E-state index contributed by atoms with van der Waals surface area (Å²) in [6.07, 6.45) is 1.96. The monoisotopic (exact) mass is 501 g/mol. The highest BCUT2D eigenvalue weighted by atomic mass is 32.1. The predicted octanol–water partition coefficient (Wildman–Crippen LogP) is 6.87. The van der Waals surface area contributed by atoms with Gasteiger partial charge in [0, 0.05) is 12.7 Å². The smallest absolute Gasteiger partial charge is 0.258 e. The first-order valence-corrected chi connectivity index (χ1v) is 13.2. The first-order valence-electron chi connectivity index (χ1n) is 12.4. The molecule has 186 valence electrons. The Morgan fingerprint density at radius 2 is 1.75 bits per heavy atom. The van der Waals surface area contributed by atoms with Gasteiger partial charge in [0.25, 0.3) is 5.56 Å². The van der Waals surface area contributed by atoms with Crippen LogP contribution < -0.4 is 15.0 Å². The van der Waals surface area contributed by atoms with Crippen molar-refractivity contribution in [2.75, 3.05) is 19.8 Å². The van der Waals surface area contributed by atoms with Crippen molar-refractivity contribution in [3.63, 3.8) is 0 Å². The third-order valence-corrected chi connectivity index (χ3v) is 7.51. The summed E-state index contributed by atoms with van der Waals surface area (Å²) in [7, 11) is 0. The minimum Gasteiger partial charge on any atom is -0.491 e. The molecule has 0 spiro atoms. The van der Waals surface area contributed by atoms with Gasteiger partial charge in [-0.1, -0.05) is 29.7 Å². The summed E-state index contributed by atoms with van der Waals surface area (Å²) in [6, 6.07) is 20.4. The van der Waals surface area contributed by atoms with Gasteiger partial charge in [-0.15, -0.1) is 0 Å². The second-order valence-corrected chi connectivity index (χ2v) is 9.95. The molecule has 1 aliphatic rings. The summed E-state index contributed by atoms with van der Waals surface area (Å²) >= 11 is 1.35. The molecule has 5 rings (SSSR count). The SMILES string of the molecule is CCOCCOc1cc(C)c(-c2cccc3c2CC[C@H]3Oc2ccc(-c3cc(=O)[nH]s3)cc2)c(C)c1. The van der Waals surface area contributed by atoms with Crippen molar-refractivity contribution in [2.24, 2.45) is 0 Å². The summed E-state index contributed by atoms with van der Waals surface area (Å²) in [5.41, 5.74) is 8.55. The van der Waals surface area contributed by atoms with Crippen LogP contribution in [0.15, 0.2) is 65.5 Å². The standard InChI is InChI=1S/C30H31NO4S/c1-4-33-14-15-34-23-16-19(2)30(20(3)17-23)26-7-5-6-25-24(26)12-13-27(25)35-22-10-8-21(9-11-22)28-18-29(32)31-36-28/h5-11,16-18,27H,4,12-15H2,1-3H3,(H,31,32)/t27-/m1/s1. The third kappa shape index (κ3) is 5.11. The summed E-state index contributed by atoms with van der Waals surface area (Å²) in [5.74, 6) is 1.73. The number of aromatic amines is 1. The normalized spacial score (nSPS) is 14.6. The van der Waals surface area contributed by atoms with Gasteiger partial charge in [0.1, 0.15) is 24.2 Å². The molecule has 0 bridgehead atoms. The van der Waals surface area contributed by atoms with Crippen LogP contribution in [0.25, 0.3) is 21.6 Å². The van der Waals surface area contributed by atoms with Crippen LogP contribution in [-0.4, -0.2) is 24.2 Å². The summed E-state index contributed by atoms with van der Waals surface area (Å²) in [4.78, 5) is 12.4. The molecule has 0 fully saturated rings. The molecule has 1 aromatic heterocycles. The number of benzene rings is 3. The summed E-state index contributed by atoms with van der Waals surface area (Å²) in [5, 5.41) is 0. The summed E-state index contributed by atoms with van der Waals surface area (Å²) in [6.45, 7) is 8.15. The molecule has 4 aromatic rings. The molecule has 0 saturated heterocycles. The lowest BCUT2D eigenvalue weighted by atomic mass is 9.90. The minimum atomic E-state index is -0.0668. The summed E-state index contributed by atoms with van der Waals surface area (Å²) < 4.78 is 20.5. The number of rotatable bonds is 9. The number of fused-ring (bicyclic) bond motifs is 1. The molecule has 0 amide bonds. The van der Waals surface area contributed by atoms with Crippen molar-refractivity contribution in [3.05, 3.63) is 93.3 Å². The van der Waals surface area contributed by atoms with E-state index in [1.165, 1.54) is 44.9 Å². The highest BCUT2D eigenvalue weighted by Gasteiger charge is 2.27. The van der Waals surface area contributed by atoms with Crippen molar-refractivity contribution in [3.8, 4) is 33.1 Å². The fraction of sp³-hybridized carbons (Fsp3) is 0.300. The average molecular weight is 502 g/mol. The molecule has 0 unspecified atom stereocenters. The third-order valence-electron chi connectivity index (χ3n) is 6.63. The highest BCUT2D eigenvalue weighted by Crippen LogP contribution is 2.42. The number of aryl methyl sites for hydroxylation is 2. The molecule has 0 aliphatic heterocycles. The Morgan fingerprint density at radius 1 is 0.972 bits per heavy atom. The van der Waals surface area contributed by atoms with E-state index in [4.69, 9.17) is 14.2 Å². The molecular weight excluding hydrogens is 470 g/mol. The Balaban J connectivity index is 1.35. The molecule has 5 nitrogen and oxygen atoms in total. The van der Waals surface area contributed by atoms with Crippen LogP contribution in [0, 0.1) is 13.8 Å². The number of nitrogens with one attached hydrogen (secondary N) is 1. The largest absolute Gasteiger partial charge is 0.491 e. The maximum atomic E-state index is 11.4. The molecule has 0 saturated carbocycles. The van der Waals surface area contributed by atoms with Crippen LogP contribution in [0.4, 0.5) is 0 Å². The van der Waals surface area contributed by atoms with Gasteiger partial charge in [-0.2, -0.15) is 0 Å². The van der Waals surface area contributed by atoms with Crippen LogP contribution in [0.1, 0.15) is 41.7 Å². The molecule has 1 heterocycles. The Morgan fingerprint density at radius 3 is 2.44 bits per heavy atom. The lowest BCUT2D eigenvalue weighted by Gasteiger charge is -2.18. The lowest BCUT2D eigenvalue weighted by molar-refractivity contribution is 0.110. The van der Waals surface area contributed by atoms with Gasteiger partial charge in [-0.3, -0.25) is 9.17 Å². The van der Waals surface area contributed by atoms with Crippen molar-refractivity contribution < 1.29 is 14.2 Å². The molecule has 1 N–H and O–H groups in total. The van der Waals surface area contributed by atoms with Gasteiger partial charge in [0.2, 0.25) is 0 Å². The Kier molecular flexibility index (Phi) is 7.25. The van der Waals surface area contributed by atoms with Crippen molar-refractivity contribution in [2.45, 2.75) is 39.7 Å². The van der Waals surface area contributed by atoms with E-state index in [9.17, 15) is 4.79 Å². The predicted molar refractivity (Wildman–Crippen MR) is 145 cm³/mol. The van der Waals surface area contributed by atoms with Crippen LogP contribution in [-0.2, 0) is 11.2 Å². The van der Waals surface area contributed by atoms with Gasteiger partial charge in [0.05, 0.1) is 11.5 Å². The van der Waals surface area contributed by atoms with Gasteiger partial charge >= 0.3 is 0 Å². The van der Waals surface area contributed by atoms with Crippen LogP contribution >= 0.6 is 11.5 Å². The topological polar surface area (TPSA) is 60.6 Å². The number of aromatic nitrogens is 1. The van der Waals surface area contributed by atoms with E-state index >= 15 is 0 Å². The lowest BCUT2D eigenvalue weighted by Crippen LogP contribution is -2.07. The zero-order valence-electron chi connectivity index (χ0n) is 20.9. The van der Waals surface area contributed by atoms with E-state index in [2.05, 4.69) is 48.6 Å². The molecule has 6 heteroatoms. The van der Waals surface area contributed by atoms with E-state index in [-0.39, 0.29) is 11.7 Å². The Labute approximate surface area is 215 Å². The fourth-order valence-corrected chi connectivity index (χ4v) is 5.74. The minimum absolute atomic E-state index is 0.0240. The molecule has 1 aliphatic carbocycles. The molecule has 0 radical (unpaired) electrons. The van der Waals surface area contributed by atoms with E-state index in [0.29, 0.717) is 19.8 Å². The van der Waals surface area contributed by atoms with Crippen LogP contribution in [0.3, 0.4) is 0 Å². The van der Waals surface area contributed by atoms with Crippen molar-refractivity contribution in [1.29, 1.82) is 0 Å². The quantitative estimate of drug-likeness (QED) is 0.254. The number of hydrogen-bond donors (Lipinski definition) is 1. The second-order valence-electron chi connectivity index (χ2n) is 9.10. The Hall–Kier alpha value is -3.35. The highest BCUT2D eigenvalue weighted by molar-refractivity contribution is 7.09. The maximum absolute atomic E-state index is 11.4. The molecule has 36 heavy (non-hydrogen) atoms. The number of hydrogen-bond acceptors (Lipinski definition) is 5. The molecular formula is C30H31NO4S. The number of ether oxygens (including phenoxy) is 3. The van der Waals surface area contributed by atoms with Gasteiger partial charge < -0.3 is 14.2 Å². The van der Waals surface area contributed by atoms with E-state index < -0.39 is 0 Å². The maximum Gasteiger partial charge on any atom is 0.258 e. The molecule has 1 atom stereocenters. The first-order chi connectivity index (χ1) is 17.5. The number of H-pyrrole nitrogens is 1. The average Bonchev–Trinajstić information content (AvgIpc) is 3.49. The second kappa shape index (κ2) is 10.7. The van der Waals surface area contributed by atoms with Gasteiger partial charge in [-0.25, -0.2) is 0 Å². The van der Waals surface area contributed by atoms with Crippen molar-refractivity contribution >= 4 is 11.5 Å². The van der Waals surface area contributed by atoms with Crippen molar-refractivity contribution in [1.82, 2.24) is 4.37 Å². The van der Waals surface area contributed by atoms with E-state index in [1.54, 1.807) is 6.07 Å². The van der Waals surface area contributed by atoms with Gasteiger partial charge in [0.15, 0.2) is 0 Å². The zero-order chi connectivity index (χ0) is 25.1.